The van der Waals surface area contributed by atoms with Gasteiger partial charge in [0.15, 0.2) is 0 Å². The topological polar surface area (TPSA) is 57.3 Å². The van der Waals surface area contributed by atoms with E-state index in [0.717, 1.165) is 21.2 Å². The highest BCUT2D eigenvalue weighted by atomic mass is 79.9. The normalized spacial score (nSPS) is 12.0. The molecule has 0 spiro atoms. The zero-order valence-electron chi connectivity index (χ0n) is 14.1. The van der Waals surface area contributed by atoms with Crippen molar-refractivity contribution in [2.75, 3.05) is 0 Å². The van der Waals surface area contributed by atoms with E-state index in [1.807, 2.05) is 30.3 Å². The molecule has 1 N–H and O–H groups in total. The predicted molar refractivity (Wildman–Crippen MR) is 125 cm³/mol. The summed E-state index contributed by atoms with van der Waals surface area (Å²) in [5.41, 5.74) is 3.15. The molecule has 9 heteroatoms. The molecule has 0 aliphatic carbocycles. The summed E-state index contributed by atoms with van der Waals surface area (Å²) in [5.74, 6) is 0.222. The number of phenols is 1. The molecule has 0 atom stereocenters. The standard InChI is InChI=1S/C18H14BrN3OS3Si/c19-16-5-3-14(4-6-16)18-8-7-17(23)10-15(18)2-1-9-27(20-11-24,21-12-25)22-13-26/h3-8,10,23H,1-2,9H2. The van der Waals surface area contributed by atoms with Gasteiger partial charge in [-0.1, -0.05) is 34.1 Å². The van der Waals surface area contributed by atoms with Crippen molar-refractivity contribution in [1.82, 2.24) is 0 Å². The molecule has 0 bridgehead atoms. The maximum atomic E-state index is 9.91. The van der Waals surface area contributed by atoms with Crippen molar-refractivity contribution in [3.8, 4) is 16.9 Å². The summed E-state index contributed by atoms with van der Waals surface area (Å²) < 4.78 is 13.4. The third kappa shape index (κ3) is 6.18. The van der Waals surface area contributed by atoms with Crippen LogP contribution in [0.2, 0.25) is 6.04 Å². The number of thiocarbonyl (C=S) groups is 3. The van der Waals surface area contributed by atoms with E-state index in [4.69, 9.17) is 36.7 Å². The number of halogens is 1. The van der Waals surface area contributed by atoms with E-state index < -0.39 is 8.56 Å². The second kappa shape index (κ2) is 10.6. The Balaban J connectivity index is 2.28. The van der Waals surface area contributed by atoms with Gasteiger partial charge >= 0.3 is 8.56 Å². The maximum absolute atomic E-state index is 9.91. The Morgan fingerprint density at radius 2 is 1.52 bits per heavy atom. The zero-order chi connectivity index (χ0) is 19.7. The molecular weight excluding hydrogens is 478 g/mol. The Morgan fingerprint density at radius 3 is 2.07 bits per heavy atom. The van der Waals surface area contributed by atoms with Crippen LogP contribution in [0.5, 0.6) is 5.75 Å². The van der Waals surface area contributed by atoms with Crippen molar-refractivity contribution < 1.29 is 5.11 Å². The highest BCUT2D eigenvalue weighted by Gasteiger charge is 2.33. The fourth-order valence-corrected chi connectivity index (χ4v) is 5.83. The van der Waals surface area contributed by atoms with Crippen LogP contribution in [0.15, 0.2) is 60.9 Å². The van der Waals surface area contributed by atoms with Crippen LogP contribution in [0.1, 0.15) is 12.0 Å². The predicted octanol–water partition coefficient (Wildman–Crippen LogP) is 6.00. The van der Waals surface area contributed by atoms with E-state index in [1.165, 1.54) is 0 Å². The summed E-state index contributed by atoms with van der Waals surface area (Å²) in [6.45, 7) is 0. The average Bonchev–Trinajstić information content (AvgIpc) is 2.63. The number of rotatable bonds is 8. The first-order valence-electron chi connectivity index (χ1n) is 7.88. The first kappa shape index (κ1) is 21.6. The van der Waals surface area contributed by atoms with Crippen molar-refractivity contribution >= 4 is 76.6 Å². The zero-order valence-corrected chi connectivity index (χ0v) is 19.1. The third-order valence-electron chi connectivity index (χ3n) is 3.88. The van der Waals surface area contributed by atoms with Crippen LogP contribution in [-0.2, 0) is 6.42 Å². The highest BCUT2D eigenvalue weighted by Crippen LogP contribution is 2.30. The molecule has 0 aliphatic rings. The number of hydrogen-bond donors (Lipinski definition) is 1. The van der Waals surface area contributed by atoms with E-state index in [9.17, 15) is 5.11 Å². The maximum Gasteiger partial charge on any atom is 0.461 e. The van der Waals surface area contributed by atoms with Crippen molar-refractivity contribution in [2.45, 2.75) is 18.9 Å². The molecule has 2 rings (SSSR count). The van der Waals surface area contributed by atoms with Gasteiger partial charge in [0.1, 0.15) is 5.75 Å². The molecule has 0 radical (unpaired) electrons. The molecule has 0 aliphatic heterocycles. The quantitative estimate of drug-likeness (QED) is 0.279. The molecule has 2 aromatic rings. The molecule has 0 amide bonds. The van der Waals surface area contributed by atoms with Gasteiger partial charge < -0.3 is 5.11 Å². The summed E-state index contributed by atoms with van der Waals surface area (Å²) in [7, 11) is -2.91. The SMILES string of the molecule is Oc1ccc(-c2ccc(Br)cc2)c(CCC[Si](N=C=S)(N=C=S)N=C=S)c1. The van der Waals surface area contributed by atoms with E-state index in [2.05, 4.69) is 45.4 Å². The lowest BCUT2D eigenvalue weighted by Gasteiger charge is -2.14. The highest BCUT2D eigenvalue weighted by molar-refractivity contribution is 9.10. The van der Waals surface area contributed by atoms with Gasteiger partial charge in [0, 0.05) is 10.5 Å². The van der Waals surface area contributed by atoms with Crippen LogP contribution in [0.25, 0.3) is 11.1 Å². The second-order valence-corrected chi connectivity index (χ2v) is 9.77. The van der Waals surface area contributed by atoms with Gasteiger partial charge in [-0.2, -0.15) is 0 Å². The van der Waals surface area contributed by atoms with Crippen LogP contribution < -0.4 is 0 Å². The lowest BCUT2D eigenvalue weighted by molar-refractivity contribution is 0.474. The molecule has 2 aromatic carbocycles. The molecule has 0 saturated carbocycles. The van der Waals surface area contributed by atoms with Crippen LogP contribution >= 0.6 is 52.6 Å². The Kier molecular flexibility index (Phi) is 8.51. The van der Waals surface area contributed by atoms with Crippen LogP contribution in [0.4, 0.5) is 0 Å². The lowest BCUT2D eigenvalue weighted by Crippen LogP contribution is -2.27. The fraction of sp³-hybridized carbons (Fsp3) is 0.167. The van der Waals surface area contributed by atoms with E-state index in [0.29, 0.717) is 18.9 Å². The van der Waals surface area contributed by atoms with Crippen molar-refractivity contribution in [3.05, 3.63) is 52.5 Å². The first-order valence-corrected chi connectivity index (χ1v) is 11.9. The minimum atomic E-state index is -2.91. The second-order valence-electron chi connectivity index (χ2n) is 5.59. The summed E-state index contributed by atoms with van der Waals surface area (Å²) in [6, 6.07) is 13.9. The van der Waals surface area contributed by atoms with Crippen LogP contribution in [0.3, 0.4) is 0 Å². The van der Waals surface area contributed by atoms with Crippen molar-refractivity contribution in [1.29, 1.82) is 0 Å². The Bertz CT molecular complexity index is 919. The smallest absolute Gasteiger partial charge is 0.461 e. The Morgan fingerprint density at radius 1 is 0.926 bits per heavy atom. The number of phenolic OH excluding ortho intramolecular Hbond substituents is 1. The molecule has 27 heavy (non-hydrogen) atoms. The molecule has 0 heterocycles. The van der Waals surface area contributed by atoms with Crippen LogP contribution in [0, 0.1) is 0 Å². The summed E-state index contributed by atoms with van der Waals surface area (Å²) in [4.78, 5) is 0. The minimum Gasteiger partial charge on any atom is -0.508 e. The van der Waals surface area contributed by atoms with Gasteiger partial charge in [0.2, 0.25) is 0 Å². The molecule has 0 fully saturated rings. The number of benzene rings is 2. The number of aryl methyl sites for hydroxylation is 1. The van der Waals surface area contributed by atoms with Crippen molar-refractivity contribution in [3.63, 3.8) is 0 Å². The van der Waals surface area contributed by atoms with Crippen molar-refractivity contribution in [2.24, 2.45) is 14.0 Å². The summed E-state index contributed by atoms with van der Waals surface area (Å²) in [6.07, 6.45) is 1.40. The Hall–Kier alpha value is -1.66. The van der Waals surface area contributed by atoms with E-state index >= 15 is 0 Å². The van der Waals surface area contributed by atoms with Gasteiger partial charge in [-0.05, 0) is 90.5 Å². The fourth-order valence-electron chi connectivity index (χ4n) is 2.68. The van der Waals surface area contributed by atoms with Crippen LogP contribution in [-0.4, -0.2) is 29.1 Å². The van der Waals surface area contributed by atoms with Gasteiger partial charge in [0.25, 0.3) is 0 Å². The number of nitrogens with zero attached hydrogens (tertiary/aromatic N) is 3. The monoisotopic (exact) mass is 491 g/mol. The molecular formula is C18H14BrN3OS3Si. The lowest BCUT2D eigenvalue weighted by atomic mass is 9.96. The average molecular weight is 493 g/mol. The number of aromatic hydroxyl groups is 1. The third-order valence-corrected chi connectivity index (χ3v) is 7.60. The molecule has 4 nitrogen and oxygen atoms in total. The summed E-state index contributed by atoms with van der Waals surface area (Å²) >= 11 is 17.6. The number of hydrogen-bond acceptors (Lipinski definition) is 7. The first-order chi connectivity index (χ1) is 13.0. The molecule has 0 aromatic heterocycles. The largest absolute Gasteiger partial charge is 0.508 e. The van der Waals surface area contributed by atoms with E-state index in [1.54, 1.807) is 12.1 Å². The van der Waals surface area contributed by atoms with Gasteiger partial charge in [-0.25, -0.2) is 14.0 Å². The molecule has 0 unspecified atom stereocenters. The minimum absolute atomic E-state index is 0.222. The molecule has 136 valence electrons. The molecule has 0 saturated heterocycles. The Labute approximate surface area is 183 Å². The van der Waals surface area contributed by atoms with Gasteiger partial charge in [-0.15, -0.1) is 0 Å². The summed E-state index contributed by atoms with van der Waals surface area (Å²) in [5, 5.41) is 16.9. The van der Waals surface area contributed by atoms with E-state index in [-0.39, 0.29) is 5.75 Å². The van der Waals surface area contributed by atoms with Gasteiger partial charge in [-0.3, -0.25) is 0 Å². The number of isothiocyanates is 3. The van der Waals surface area contributed by atoms with Gasteiger partial charge in [0.05, 0.1) is 15.5 Å².